The van der Waals surface area contributed by atoms with E-state index in [0.717, 1.165) is 46.9 Å². The van der Waals surface area contributed by atoms with Crippen molar-refractivity contribution in [2.75, 3.05) is 4.90 Å². The topological polar surface area (TPSA) is 29.3 Å². The fourth-order valence-corrected chi connectivity index (χ4v) is 10.3. The van der Waals surface area contributed by atoms with Gasteiger partial charge in [-0.25, -0.2) is 4.98 Å². The third kappa shape index (κ3) is 7.00. The van der Waals surface area contributed by atoms with Crippen molar-refractivity contribution in [3.63, 3.8) is 0 Å². The van der Waals surface area contributed by atoms with E-state index < -0.39 is 0 Å². The quantitative estimate of drug-likeness (QED) is 0.153. The Bertz CT molecular complexity index is 3230. The highest BCUT2D eigenvalue weighted by molar-refractivity contribution is 5.88. The number of hydrogen-bond donors (Lipinski definition) is 0. The van der Waals surface area contributed by atoms with Crippen LogP contribution in [0.25, 0.3) is 55.6 Å². The van der Waals surface area contributed by atoms with Crippen LogP contribution in [-0.2, 0) is 6.42 Å². The van der Waals surface area contributed by atoms with Gasteiger partial charge in [0.2, 0.25) is 5.89 Å². The van der Waals surface area contributed by atoms with Crippen LogP contribution in [-0.4, -0.2) is 4.98 Å². The van der Waals surface area contributed by atoms with Crippen molar-refractivity contribution in [3.05, 3.63) is 253 Å². The van der Waals surface area contributed by atoms with Crippen LogP contribution in [0, 0.1) is 17.8 Å². The molecule has 8 aromatic rings. The van der Waals surface area contributed by atoms with Gasteiger partial charge < -0.3 is 9.32 Å². The number of nitrogens with zero attached hydrogens (tertiary/aromatic N) is 2. The highest BCUT2D eigenvalue weighted by Gasteiger charge is 2.36. The Morgan fingerprint density at radius 3 is 2.08 bits per heavy atom. The summed E-state index contributed by atoms with van der Waals surface area (Å²) >= 11 is 0. The molecule has 0 N–H and O–H groups in total. The lowest BCUT2D eigenvalue weighted by atomic mass is 9.70. The van der Waals surface area contributed by atoms with Crippen LogP contribution in [0.1, 0.15) is 34.9 Å². The second-order valence-electron chi connectivity index (χ2n) is 17.4. The molecule has 0 fully saturated rings. The van der Waals surface area contributed by atoms with Crippen LogP contribution in [0.3, 0.4) is 0 Å². The lowest BCUT2D eigenvalue weighted by Gasteiger charge is -2.34. The van der Waals surface area contributed by atoms with Crippen molar-refractivity contribution >= 4 is 39.0 Å². The number of hydrogen-bond acceptors (Lipinski definition) is 3. The van der Waals surface area contributed by atoms with Gasteiger partial charge in [-0.1, -0.05) is 182 Å². The Labute approximate surface area is 375 Å². The van der Waals surface area contributed by atoms with Crippen LogP contribution in [0.4, 0.5) is 17.1 Å². The molecule has 1 aromatic heterocycles. The molecule has 4 aliphatic rings. The van der Waals surface area contributed by atoms with Crippen LogP contribution in [0.5, 0.6) is 0 Å². The predicted molar refractivity (Wildman–Crippen MR) is 265 cm³/mol. The third-order valence-corrected chi connectivity index (χ3v) is 13.6. The summed E-state index contributed by atoms with van der Waals surface area (Å²) in [6.07, 6.45) is 24.7. The van der Waals surface area contributed by atoms with E-state index in [1.807, 2.05) is 0 Å². The van der Waals surface area contributed by atoms with Gasteiger partial charge in [0, 0.05) is 46.0 Å². The molecule has 64 heavy (non-hydrogen) atoms. The zero-order valence-electron chi connectivity index (χ0n) is 35.5. The van der Waals surface area contributed by atoms with Crippen molar-refractivity contribution in [3.8, 4) is 33.7 Å². The van der Waals surface area contributed by atoms with E-state index in [0.29, 0.717) is 17.7 Å². The fraction of sp³-hybridized carbons (Fsp3) is 0.0984. The Hall–Kier alpha value is -7.75. The minimum absolute atomic E-state index is 0.159. The smallest absolute Gasteiger partial charge is 0.227 e. The standard InChI is InChI=1S/C61H46N2O/c1-3-13-41(14-4-1)48-21-11-22-52(39-48)63(51-31-29-44(30-32-51)49-27-25-42-15-7-9-19-46(42)37-49)53-33-34-56(58(40-53)45-17-5-2-6-18-45)54-23-12-24-57-55(54)35-36-59-60(57)64-61(62-59)50-28-26-43-16-8-10-20-47(43)38-50/h1-34,37-40,42,46,54-55H,35-36H2. The molecular formula is C61H46N2O. The molecule has 1 heterocycles. The highest BCUT2D eigenvalue weighted by Crippen LogP contribution is 2.50. The lowest BCUT2D eigenvalue weighted by molar-refractivity contribution is 0.486. The van der Waals surface area contributed by atoms with Gasteiger partial charge in [-0.15, -0.1) is 0 Å². The van der Waals surface area contributed by atoms with Crippen molar-refractivity contribution < 1.29 is 4.42 Å². The SMILES string of the molecule is C1=CC2C=CC(c3ccc(N(c4cccc(-c5ccccc5)c4)c4ccc(C5C=CC=C6c7oc(-c8ccc9ccccc9c8)nc7CCC65)c(-c5ccccc5)c4)cc3)=CC2C=C1. The van der Waals surface area contributed by atoms with Gasteiger partial charge in [0.05, 0.1) is 5.69 Å². The molecule has 0 bridgehead atoms. The van der Waals surface area contributed by atoms with E-state index in [1.54, 1.807) is 0 Å². The number of benzene rings is 7. The van der Waals surface area contributed by atoms with Crippen LogP contribution in [0.2, 0.25) is 0 Å². The number of rotatable bonds is 8. The highest BCUT2D eigenvalue weighted by atomic mass is 16.4. The lowest BCUT2D eigenvalue weighted by Crippen LogP contribution is -2.21. The molecule has 0 saturated carbocycles. The maximum absolute atomic E-state index is 6.74. The third-order valence-electron chi connectivity index (χ3n) is 13.6. The first-order valence-electron chi connectivity index (χ1n) is 22.6. The molecule has 306 valence electrons. The molecule has 3 heteroatoms. The van der Waals surface area contributed by atoms with Crippen molar-refractivity contribution in [2.45, 2.75) is 18.8 Å². The Kier molecular flexibility index (Phi) is 9.60. The fourth-order valence-electron chi connectivity index (χ4n) is 10.3. The van der Waals surface area contributed by atoms with Crippen molar-refractivity contribution in [1.82, 2.24) is 4.98 Å². The minimum Gasteiger partial charge on any atom is -0.436 e. The Balaban J connectivity index is 0.933. The maximum Gasteiger partial charge on any atom is 0.227 e. The van der Waals surface area contributed by atoms with E-state index >= 15 is 0 Å². The van der Waals surface area contributed by atoms with Crippen molar-refractivity contribution in [1.29, 1.82) is 0 Å². The summed E-state index contributed by atoms with van der Waals surface area (Å²) in [6.45, 7) is 0. The normalized spacial score (nSPS) is 19.4. The van der Waals surface area contributed by atoms with E-state index in [2.05, 4.69) is 236 Å². The van der Waals surface area contributed by atoms with E-state index in [1.165, 1.54) is 55.3 Å². The molecule has 12 rings (SSSR count). The van der Waals surface area contributed by atoms with Crippen LogP contribution in [0.15, 0.2) is 235 Å². The van der Waals surface area contributed by atoms with E-state index in [4.69, 9.17) is 9.40 Å². The number of fused-ring (bicyclic) bond motifs is 5. The number of oxazole rings is 1. The van der Waals surface area contributed by atoms with E-state index in [9.17, 15) is 0 Å². The molecule has 0 saturated heterocycles. The van der Waals surface area contributed by atoms with Crippen molar-refractivity contribution in [2.24, 2.45) is 17.8 Å². The Morgan fingerprint density at radius 1 is 0.516 bits per heavy atom. The zero-order chi connectivity index (χ0) is 42.4. The van der Waals surface area contributed by atoms with E-state index in [-0.39, 0.29) is 11.8 Å². The summed E-state index contributed by atoms with van der Waals surface area (Å²) in [4.78, 5) is 7.51. The predicted octanol–water partition coefficient (Wildman–Crippen LogP) is 15.9. The van der Waals surface area contributed by atoms with Gasteiger partial charge in [0.25, 0.3) is 0 Å². The molecule has 0 amide bonds. The first-order chi connectivity index (χ1) is 31.7. The summed E-state index contributed by atoms with van der Waals surface area (Å²) in [7, 11) is 0. The van der Waals surface area contributed by atoms with Gasteiger partial charge >= 0.3 is 0 Å². The molecule has 0 radical (unpaired) electrons. The van der Waals surface area contributed by atoms with Crippen LogP contribution >= 0.6 is 0 Å². The second kappa shape index (κ2) is 16.2. The molecule has 4 atom stereocenters. The largest absolute Gasteiger partial charge is 0.436 e. The van der Waals surface area contributed by atoms with Gasteiger partial charge in [-0.2, -0.15) is 0 Å². The summed E-state index contributed by atoms with van der Waals surface area (Å²) < 4.78 is 6.74. The first-order valence-corrected chi connectivity index (χ1v) is 22.6. The van der Waals surface area contributed by atoms with Gasteiger partial charge in [0.1, 0.15) is 0 Å². The molecule has 4 unspecified atom stereocenters. The van der Waals surface area contributed by atoms with Crippen LogP contribution < -0.4 is 4.90 Å². The molecular weight excluding hydrogens is 777 g/mol. The van der Waals surface area contributed by atoms with Gasteiger partial charge in [-0.3, -0.25) is 0 Å². The summed E-state index contributed by atoms with van der Waals surface area (Å²) in [5.74, 6) is 2.87. The average Bonchev–Trinajstić information content (AvgIpc) is 3.82. The Morgan fingerprint density at radius 2 is 1.23 bits per heavy atom. The summed E-state index contributed by atoms with van der Waals surface area (Å²) in [5, 5.41) is 2.40. The number of aryl methyl sites for hydroxylation is 1. The summed E-state index contributed by atoms with van der Waals surface area (Å²) in [6, 6.07) is 61.7. The minimum atomic E-state index is 0.159. The van der Waals surface area contributed by atoms with Gasteiger partial charge in [-0.05, 0) is 117 Å². The summed E-state index contributed by atoms with van der Waals surface area (Å²) in [5.41, 5.74) is 15.2. The second-order valence-corrected chi connectivity index (χ2v) is 17.4. The molecule has 0 spiro atoms. The average molecular weight is 823 g/mol. The van der Waals surface area contributed by atoms with Gasteiger partial charge in [0.15, 0.2) is 5.76 Å². The number of aromatic nitrogens is 1. The monoisotopic (exact) mass is 822 g/mol. The molecule has 0 aliphatic heterocycles. The zero-order valence-corrected chi connectivity index (χ0v) is 35.5. The molecule has 4 aliphatic carbocycles. The first kappa shape index (κ1) is 38.0. The number of allylic oxidation sites excluding steroid dienone is 12. The molecule has 3 nitrogen and oxygen atoms in total. The maximum atomic E-state index is 6.74. The number of anilines is 3. The molecule has 7 aromatic carbocycles.